The second-order valence-electron chi connectivity index (χ2n) is 7.75. The molecule has 0 radical (unpaired) electrons. The number of benzene rings is 1. The number of nitriles is 1. The second-order valence-corrected chi connectivity index (χ2v) is 7.75. The van der Waals surface area contributed by atoms with Crippen molar-refractivity contribution in [3.63, 3.8) is 0 Å². The van der Waals surface area contributed by atoms with Crippen molar-refractivity contribution in [3.8, 4) is 17.7 Å². The van der Waals surface area contributed by atoms with Crippen molar-refractivity contribution in [1.82, 2.24) is 4.98 Å². The highest BCUT2D eigenvalue weighted by Crippen LogP contribution is 2.32. The molecule has 0 aliphatic carbocycles. The van der Waals surface area contributed by atoms with Crippen LogP contribution in [0.15, 0.2) is 51.5 Å². The Morgan fingerprint density at radius 2 is 2.00 bits per heavy atom. The van der Waals surface area contributed by atoms with E-state index in [4.69, 9.17) is 8.83 Å². The highest BCUT2D eigenvalue weighted by Gasteiger charge is 2.29. The third-order valence-electron chi connectivity index (χ3n) is 5.44. The van der Waals surface area contributed by atoms with E-state index in [9.17, 15) is 10.1 Å². The Labute approximate surface area is 175 Å². The van der Waals surface area contributed by atoms with E-state index in [2.05, 4.69) is 30.2 Å². The summed E-state index contributed by atoms with van der Waals surface area (Å²) in [6.45, 7) is 5.46. The Bertz CT molecular complexity index is 1050. The quantitative estimate of drug-likeness (QED) is 0.657. The number of amides is 1. The first-order chi connectivity index (χ1) is 14.6. The highest BCUT2D eigenvalue weighted by molar-refractivity contribution is 5.93. The summed E-state index contributed by atoms with van der Waals surface area (Å²) in [7, 11) is 0. The summed E-state index contributed by atoms with van der Waals surface area (Å²) < 4.78 is 11.1. The number of hydrogen-bond acceptors (Lipinski definition) is 6. The number of carbonyl (C=O) groups excluding carboxylic acids is 1. The number of para-hydroxylation sites is 1. The van der Waals surface area contributed by atoms with Crippen LogP contribution in [0.1, 0.15) is 43.9 Å². The van der Waals surface area contributed by atoms with Crippen LogP contribution in [0.3, 0.4) is 0 Å². The maximum Gasteiger partial charge on any atom is 0.266 e. The van der Waals surface area contributed by atoms with E-state index in [1.54, 1.807) is 12.1 Å². The van der Waals surface area contributed by atoms with E-state index in [1.165, 1.54) is 6.26 Å². The summed E-state index contributed by atoms with van der Waals surface area (Å²) in [6.07, 6.45) is 2.89. The molecule has 0 unspecified atom stereocenters. The lowest BCUT2D eigenvalue weighted by molar-refractivity contribution is -0.120. The molecule has 2 aromatic heterocycles. The first kappa shape index (κ1) is 19.8. The predicted molar refractivity (Wildman–Crippen MR) is 113 cm³/mol. The SMILES string of the molecule is CC(C)c1ccccc1NC(=O)C1CCN(c2oc(-c3ccco3)nc2C#N)CC1. The van der Waals surface area contributed by atoms with Crippen molar-refractivity contribution in [2.45, 2.75) is 32.6 Å². The third kappa shape index (κ3) is 3.94. The lowest BCUT2D eigenvalue weighted by atomic mass is 9.95. The minimum absolute atomic E-state index is 0.0390. The van der Waals surface area contributed by atoms with Gasteiger partial charge >= 0.3 is 0 Å². The topological polar surface area (TPSA) is 95.3 Å². The zero-order valence-corrected chi connectivity index (χ0v) is 17.1. The molecular weight excluding hydrogens is 380 g/mol. The molecule has 0 bridgehead atoms. The molecule has 1 aromatic carbocycles. The minimum Gasteiger partial charge on any atom is -0.459 e. The van der Waals surface area contributed by atoms with Crippen molar-refractivity contribution in [1.29, 1.82) is 5.26 Å². The van der Waals surface area contributed by atoms with Crippen molar-refractivity contribution < 1.29 is 13.6 Å². The van der Waals surface area contributed by atoms with Gasteiger partial charge in [0, 0.05) is 24.7 Å². The Morgan fingerprint density at radius 1 is 1.23 bits per heavy atom. The van der Waals surface area contributed by atoms with Crippen LogP contribution in [0.5, 0.6) is 0 Å². The smallest absolute Gasteiger partial charge is 0.266 e. The first-order valence-corrected chi connectivity index (χ1v) is 10.2. The van der Waals surface area contributed by atoms with Crippen LogP contribution in [-0.2, 0) is 4.79 Å². The van der Waals surface area contributed by atoms with Gasteiger partial charge in [-0.1, -0.05) is 32.0 Å². The van der Waals surface area contributed by atoms with Crippen molar-refractivity contribution >= 4 is 17.5 Å². The number of carbonyl (C=O) groups is 1. The largest absolute Gasteiger partial charge is 0.459 e. The van der Waals surface area contributed by atoms with Crippen molar-refractivity contribution in [2.24, 2.45) is 5.92 Å². The number of piperidine rings is 1. The number of nitrogens with zero attached hydrogens (tertiary/aromatic N) is 3. The number of oxazole rings is 1. The van der Waals surface area contributed by atoms with Gasteiger partial charge in [0.25, 0.3) is 5.89 Å². The van der Waals surface area contributed by atoms with Gasteiger partial charge in [0.2, 0.25) is 17.5 Å². The Balaban J connectivity index is 1.42. The molecule has 0 saturated carbocycles. The number of rotatable bonds is 5. The molecule has 30 heavy (non-hydrogen) atoms. The molecular formula is C23H24N4O3. The van der Waals surface area contributed by atoms with Crippen LogP contribution in [0.25, 0.3) is 11.7 Å². The van der Waals surface area contributed by atoms with E-state index in [-0.39, 0.29) is 23.4 Å². The molecule has 0 atom stereocenters. The molecule has 7 nitrogen and oxygen atoms in total. The molecule has 7 heteroatoms. The predicted octanol–water partition coefficient (Wildman–Crippen LogP) is 4.78. The zero-order chi connectivity index (χ0) is 21.1. The molecule has 1 aliphatic heterocycles. The summed E-state index contributed by atoms with van der Waals surface area (Å²) in [6, 6.07) is 13.5. The number of furan rings is 1. The molecule has 3 heterocycles. The molecule has 1 amide bonds. The lowest BCUT2D eigenvalue weighted by Crippen LogP contribution is -2.38. The maximum atomic E-state index is 12.8. The molecule has 1 fully saturated rings. The molecule has 1 N–H and O–H groups in total. The first-order valence-electron chi connectivity index (χ1n) is 10.2. The van der Waals surface area contributed by atoms with E-state index in [1.807, 2.05) is 29.2 Å². The van der Waals surface area contributed by atoms with Gasteiger partial charge in [0.05, 0.1) is 6.26 Å². The van der Waals surface area contributed by atoms with Gasteiger partial charge in [-0.2, -0.15) is 10.2 Å². The van der Waals surface area contributed by atoms with Crippen LogP contribution < -0.4 is 10.2 Å². The second kappa shape index (κ2) is 8.46. The van der Waals surface area contributed by atoms with E-state index < -0.39 is 0 Å². The molecule has 3 aromatic rings. The Morgan fingerprint density at radius 3 is 2.67 bits per heavy atom. The average Bonchev–Trinajstić information content (AvgIpc) is 3.44. The molecule has 154 valence electrons. The van der Waals surface area contributed by atoms with Crippen LogP contribution >= 0.6 is 0 Å². The number of hydrogen-bond donors (Lipinski definition) is 1. The van der Waals surface area contributed by atoms with E-state index in [0.717, 1.165) is 11.3 Å². The standard InChI is InChI=1S/C23H24N4O3/c1-15(2)17-6-3-4-7-18(17)25-21(28)16-9-11-27(12-10-16)23-19(14-24)26-22(30-23)20-8-5-13-29-20/h3-8,13,15-16H,9-12H2,1-2H3,(H,25,28). The minimum atomic E-state index is -0.0838. The monoisotopic (exact) mass is 404 g/mol. The summed E-state index contributed by atoms with van der Waals surface area (Å²) in [4.78, 5) is 19.1. The van der Waals surface area contributed by atoms with Crippen molar-refractivity contribution in [2.75, 3.05) is 23.3 Å². The van der Waals surface area contributed by atoms with Crippen LogP contribution in [0.4, 0.5) is 11.6 Å². The molecule has 1 saturated heterocycles. The fourth-order valence-corrected chi connectivity index (χ4v) is 3.80. The Kier molecular flexibility index (Phi) is 5.57. The van der Waals surface area contributed by atoms with Gasteiger partial charge < -0.3 is 19.1 Å². The van der Waals surface area contributed by atoms with Crippen molar-refractivity contribution in [3.05, 3.63) is 53.9 Å². The van der Waals surface area contributed by atoms with Crippen LogP contribution in [0.2, 0.25) is 0 Å². The average molecular weight is 404 g/mol. The summed E-state index contributed by atoms with van der Waals surface area (Å²) >= 11 is 0. The van der Waals surface area contributed by atoms with Crippen LogP contribution in [-0.4, -0.2) is 24.0 Å². The normalized spacial score (nSPS) is 14.7. The summed E-state index contributed by atoms with van der Waals surface area (Å²) in [5, 5.41) is 12.5. The van der Waals surface area contributed by atoms with Crippen LogP contribution in [0, 0.1) is 17.2 Å². The van der Waals surface area contributed by atoms with Gasteiger partial charge in [0.1, 0.15) is 6.07 Å². The summed E-state index contributed by atoms with van der Waals surface area (Å²) in [5.74, 6) is 1.50. The number of anilines is 2. The summed E-state index contributed by atoms with van der Waals surface area (Å²) in [5.41, 5.74) is 2.24. The van der Waals surface area contributed by atoms with Gasteiger partial charge in [-0.15, -0.1) is 0 Å². The fourth-order valence-electron chi connectivity index (χ4n) is 3.80. The Hall–Kier alpha value is -3.53. The van der Waals surface area contributed by atoms with E-state index >= 15 is 0 Å². The molecule has 0 spiro atoms. The van der Waals surface area contributed by atoms with Gasteiger partial charge in [-0.05, 0) is 42.5 Å². The lowest BCUT2D eigenvalue weighted by Gasteiger charge is -2.31. The van der Waals surface area contributed by atoms with Gasteiger partial charge in [0.15, 0.2) is 5.76 Å². The fraction of sp³-hybridized carbons (Fsp3) is 0.348. The number of nitrogens with one attached hydrogen (secondary N) is 1. The maximum absolute atomic E-state index is 12.8. The third-order valence-corrected chi connectivity index (χ3v) is 5.44. The number of aromatic nitrogens is 1. The van der Waals surface area contributed by atoms with Gasteiger partial charge in [-0.3, -0.25) is 4.79 Å². The highest BCUT2D eigenvalue weighted by atomic mass is 16.4. The zero-order valence-electron chi connectivity index (χ0n) is 17.1. The molecule has 1 aliphatic rings. The van der Waals surface area contributed by atoms with Gasteiger partial charge in [-0.25, -0.2) is 0 Å². The molecule has 4 rings (SSSR count). The van der Waals surface area contributed by atoms with E-state index in [0.29, 0.717) is 43.5 Å².